The van der Waals surface area contributed by atoms with Crippen molar-refractivity contribution in [3.63, 3.8) is 0 Å². The van der Waals surface area contributed by atoms with Crippen LogP contribution in [0.2, 0.25) is 10.0 Å². The van der Waals surface area contributed by atoms with Gasteiger partial charge in [0.25, 0.3) is 0 Å². The first-order valence-electron chi connectivity index (χ1n) is 20.0. The number of ether oxygens (including phenoxy) is 6. The van der Waals surface area contributed by atoms with Gasteiger partial charge in [0.15, 0.2) is 0 Å². The minimum absolute atomic E-state index is 0.166. The number of nitrogens with zero attached hydrogens (tertiary/aromatic N) is 2. The number of methoxy groups -OCH3 is 2. The summed E-state index contributed by atoms with van der Waals surface area (Å²) in [6.07, 6.45) is 3.66. The van der Waals surface area contributed by atoms with Crippen molar-refractivity contribution in [1.82, 2.24) is 9.80 Å². The number of benzene rings is 4. The van der Waals surface area contributed by atoms with E-state index in [-0.39, 0.29) is 24.1 Å². The molecule has 58 heavy (non-hydrogen) atoms. The third kappa shape index (κ3) is 10.2. The van der Waals surface area contributed by atoms with E-state index in [9.17, 15) is 9.59 Å². The molecular formula is C46H54Cl2N2O8. The molecule has 0 spiro atoms. The molecule has 310 valence electrons. The third-order valence-electron chi connectivity index (χ3n) is 10.8. The van der Waals surface area contributed by atoms with Gasteiger partial charge in [-0.3, -0.25) is 9.59 Å². The number of rotatable bonds is 19. The molecule has 2 aliphatic carbocycles. The number of hydrogen-bond donors (Lipinski definition) is 0. The zero-order valence-corrected chi connectivity index (χ0v) is 35.8. The van der Waals surface area contributed by atoms with Crippen LogP contribution >= 0.6 is 23.2 Å². The molecule has 2 atom stereocenters. The highest BCUT2D eigenvalue weighted by Gasteiger charge is 2.32. The average Bonchev–Trinajstić information content (AvgIpc) is 3.83. The lowest BCUT2D eigenvalue weighted by Gasteiger charge is -2.22. The van der Waals surface area contributed by atoms with E-state index in [1.54, 1.807) is 0 Å². The number of carbonyl (C=O) groups is 2. The van der Waals surface area contributed by atoms with Gasteiger partial charge >= 0.3 is 11.9 Å². The van der Waals surface area contributed by atoms with E-state index in [1.165, 1.54) is 36.5 Å². The fourth-order valence-electron chi connectivity index (χ4n) is 7.96. The largest absolute Gasteiger partial charge is 0.493 e. The molecule has 10 nitrogen and oxygen atoms in total. The van der Waals surface area contributed by atoms with Crippen LogP contribution in [-0.2, 0) is 45.0 Å². The number of esters is 2. The molecule has 0 aromatic heterocycles. The van der Waals surface area contributed by atoms with Crippen molar-refractivity contribution >= 4 is 35.1 Å². The first-order chi connectivity index (χ1) is 28.0. The Kier molecular flexibility index (Phi) is 14.9. The highest BCUT2D eigenvalue weighted by atomic mass is 35.5. The predicted octanol–water partition coefficient (Wildman–Crippen LogP) is 9.58. The Balaban J connectivity index is 1.19. The lowest BCUT2D eigenvalue weighted by molar-refractivity contribution is -0.141. The summed E-state index contributed by atoms with van der Waals surface area (Å²) in [6.45, 7) is 7.10. The number of hydrogen-bond acceptors (Lipinski definition) is 10. The first-order valence-corrected chi connectivity index (χ1v) is 20.8. The average molecular weight is 834 g/mol. The molecular weight excluding hydrogens is 779 g/mol. The molecule has 6 rings (SSSR count). The van der Waals surface area contributed by atoms with E-state index in [4.69, 9.17) is 51.6 Å². The summed E-state index contributed by atoms with van der Waals surface area (Å²) in [5, 5.41) is 1.03. The maximum absolute atomic E-state index is 11.7. The Morgan fingerprint density at radius 3 is 1.43 bits per heavy atom. The van der Waals surface area contributed by atoms with Gasteiger partial charge in [-0.25, -0.2) is 0 Å². The molecule has 0 N–H and O–H groups in total. The summed E-state index contributed by atoms with van der Waals surface area (Å²) in [4.78, 5) is 27.4. The van der Waals surface area contributed by atoms with Crippen LogP contribution in [0.5, 0.6) is 23.0 Å². The van der Waals surface area contributed by atoms with Crippen molar-refractivity contribution in [3.8, 4) is 34.1 Å². The molecule has 0 saturated heterocycles. The van der Waals surface area contributed by atoms with Crippen LogP contribution in [0.4, 0.5) is 0 Å². The number of fused-ring (bicyclic) bond motifs is 2. The molecule has 0 fully saturated rings. The Morgan fingerprint density at radius 2 is 1.05 bits per heavy atom. The second-order valence-corrected chi connectivity index (χ2v) is 15.6. The van der Waals surface area contributed by atoms with Crippen LogP contribution in [0.3, 0.4) is 0 Å². The normalized spacial score (nSPS) is 15.6. The lowest BCUT2D eigenvalue weighted by Crippen LogP contribution is -2.22. The Labute approximate surface area is 352 Å². The van der Waals surface area contributed by atoms with E-state index >= 15 is 0 Å². The minimum Gasteiger partial charge on any atom is -0.493 e. The quantitative estimate of drug-likeness (QED) is 0.0851. The second kappa shape index (κ2) is 20.0. The second-order valence-electron chi connectivity index (χ2n) is 14.8. The highest BCUT2D eigenvalue weighted by molar-refractivity contribution is 6.32. The summed E-state index contributed by atoms with van der Waals surface area (Å²) in [5.74, 6) is 2.09. The Hall–Kier alpha value is -4.48. The van der Waals surface area contributed by atoms with Crippen molar-refractivity contribution in [2.24, 2.45) is 0 Å². The van der Waals surface area contributed by atoms with E-state index in [0.29, 0.717) is 85.3 Å². The van der Waals surface area contributed by atoms with E-state index in [2.05, 4.69) is 36.4 Å². The van der Waals surface area contributed by atoms with Crippen LogP contribution in [0.1, 0.15) is 85.1 Å². The van der Waals surface area contributed by atoms with Gasteiger partial charge in [0.1, 0.15) is 35.2 Å². The van der Waals surface area contributed by atoms with E-state index < -0.39 is 0 Å². The van der Waals surface area contributed by atoms with Gasteiger partial charge in [-0.05, 0) is 99.1 Å². The zero-order valence-electron chi connectivity index (χ0n) is 34.3. The molecule has 4 aromatic carbocycles. The molecule has 0 radical (unpaired) electrons. The van der Waals surface area contributed by atoms with Crippen molar-refractivity contribution in [2.45, 2.75) is 77.7 Å². The maximum atomic E-state index is 11.7. The van der Waals surface area contributed by atoms with Crippen LogP contribution in [-0.4, -0.2) is 76.4 Å². The van der Waals surface area contributed by atoms with Gasteiger partial charge < -0.3 is 38.2 Å². The summed E-state index contributed by atoms with van der Waals surface area (Å²) in [7, 11) is 6.70. The topological polar surface area (TPSA) is 96.0 Å². The third-order valence-corrected chi connectivity index (χ3v) is 11.4. The van der Waals surface area contributed by atoms with E-state index in [1.807, 2.05) is 62.0 Å². The summed E-state index contributed by atoms with van der Waals surface area (Å²) in [5.41, 5.74) is 9.16. The summed E-state index contributed by atoms with van der Waals surface area (Å²) < 4.78 is 35.1. The van der Waals surface area contributed by atoms with Gasteiger partial charge in [-0.2, -0.15) is 0 Å². The van der Waals surface area contributed by atoms with Crippen molar-refractivity contribution in [2.75, 3.05) is 54.6 Å². The minimum atomic E-state index is -0.246. The van der Waals surface area contributed by atoms with Crippen molar-refractivity contribution in [1.29, 1.82) is 0 Å². The van der Waals surface area contributed by atoms with Gasteiger partial charge in [0.05, 0.1) is 50.3 Å². The van der Waals surface area contributed by atoms with E-state index in [0.717, 1.165) is 47.9 Å². The number of halogens is 2. The first kappa shape index (κ1) is 43.1. The molecule has 0 unspecified atom stereocenters. The monoisotopic (exact) mass is 832 g/mol. The standard InChI is InChI=1S/C46H54Cl2N2O8/c1-7-55-41-25-43(37(47)23-29(41)27-49(3)21-19-45(51)53-5)57-39-17-15-33-31(11-9-13-35(33)39)32-12-10-14-36-34(32)16-18-40(36)58-44-26-42(56-8-2)30(24-38(44)48)28-50(4)22-20-46(52)54-6/h9-14,23-26,39-40H,7-8,15-22,27-28H2,1-6H3/t39-,40-/m0/s1. The van der Waals surface area contributed by atoms with Crippen LogP contribution in [0, 0.1) is 0 Å². The van der Waals surface area contributed by atoms with Gasteiger partial charge in [0.2, 0.25) is 0 Å². The van der Waals surface area contributed by atoms with Gasteiger partial charge in [0, 0.05) is 49.4 Å². The smallest absolute Gasteiger partial charge is 0.306 e. The maximum Gasteiger partial charge on any atom is 0.306 e. The molecule has 0 aliphatic heterocycles. The van der Waals surface area contributed by atoms with Crippen molar-refractivity contribution < 1.29 is 38.0 Å². The van der Waals surface area contributed by atoms with Gasteiger partial charge in [-0.15, -0.1) is 0 Å². The SMILES string of the molecule is CCOc1cc(O[C@H]2CCc3c(-c4cccc5c4CC[C@@H]5Oc4cc(OCC)c(CN(C)CCC(=O)OC)cc4Cl)cccc32)c(Cl)cc1CN(C)CCC(=O)OC. The Bertz CT molecular complexity index is 1940. The molecule has 0 amide bonds. The number of carbonyl (C=O) groups excluding carboxylic acids is 2. The lowest BCUT2D eigenvalue weighted by atomic mass is 9.91. The molecule has 4 aromatic rings. The zero-order chi connectivity index (χ0) is 41.3. The fraction of sp³-hybridized carbons (Fsp3) is 0.435. The summed E-state index contributed by atoms with van der Waals surface area (Å²) in [6, 6.07) is 20.6. The molecule has 12 heteroatoms. The summed E-state index contributed by atoms with van der Waals surface area (Å²) >= 11 is 13.7. The molecule has 2 aliphatic rings. The fourth-order valence-corrected chi connectivity index (χ4v) is 8.42. The van der Waals surface area contributed by atoms with Gasteiger partial charge in [-0.1, -0.05) is 59.6 Å². The molecule has 0 bridgehead atoms. The Morgan fingerprint density at radius 1 is 0.638 bits per heavy atom. The predicted molar refractivity (Wildman–Crippen MR) is 226 cm³/mol. The van der Waals surface area contributed by atoms with Crippen LogP contribution < -0.4 is 18.9 Å². The molecule has 0 saturated carbocycles. The molecule has 0 heterocycles. The van der Waals surface area contributed by atoms with Crippen LogP contribution in [0.25, 0.3) is 11.1 Å². The van der Waals surface area contributed by atoms with Crippen LogP contribution in [0.15, 0.2) is 60.7 Å². The highest BCUT2D eigenvalue weighted by Crippen LogP contribution is 2.47. The van der Waals surface area contributed by atoms with Crippen molar-refractivity contribution in [3.05, 3.63) is 104 Å².